The molecule has 1 unspecified atom stereocenters. The van der Waals surface area contributed by atoms with Crippen molar-refractivity contribution in [3.8, 4) is 0 Å². The normalized spacial score (nSPS) is 21.6. The van der Waals surface area contributed by atoms with Crippen LogP contribution >= 0.6 is 0 Å². The SMILES string of the molecule is CCCCN1CCC2(CC1)CC(CNC(=O)N(C)C)O2.O=C(O)C(F)(F)F. The van der Waals surface area contributed by atoms with Gasteiger partial charge in [0, 0.05) is 40.2 Å². The Hall–Kier alpha value is -1.55. The summed E-state index contributed by atoms with van der Waals surface area (Å²) in [5, 5.41) is 10.0. The average molecular weight is 397 g/mol. The van der Waals surface area contributed by atoms with Gasteiger partial charge in [0.15, 0.2) is 0 Å². The van der Waals surface area contributed by atoms with Gasteiger partial charge in [-0.2, -0.15) is 13.2 Å². The highest BCUT2D eigenvalue weighted by Crippen LogP contribution is 2.41. The van der Waals surface area contributed by atoms with Gasteiger partial charge in [-0.3, -0.25) is 0 Å². The summed E-state index contributed by atoms with van der Waals surface area (Å²) in [5.41, 5.74) is 0.121. The van der Waals surface area contributed by atoms with Gasteiger partial charge in [0.25, 0.3) is 0 Å². The maximum absolute atomic E-state index is 11.5. The van der Waals surface area contributed by atoms with Gasteiger partial charge < -0.3 is 25.0 Å². The van der Waals surface area contributed by atoms with E-state index in [1.165, 1.54) is 19.4 Å². The van der Waals surface area contributed by atoms with Crippen LogP contribution in [0.15, 0.2) is 0 Å². The highest BCUT2D eigenvalue weighted by molar-refractivity contribution is 5.73. The number of piperidine rings is 1. The molecule has 0 aliphatic carbocycles. The number of urea groups is 1. The van der Waals surface area contributed by atoms with Gasteiger partial charge in [0.1, 0.15) is 0 Å². The number of halogens is 3. The summed E-state index contributed by atoms with van der Waals surface area (Å²) in [4.78, 5) is 24.5. The number of hydrogen-bond acceptors (Lipinski definition) is 4. The number of carbonyl (C=O) groups is 2. The predicted molar refractivity (Wildman–Crippen MR) is 93.6 cm³/mol. The van der Waals surface area contributed by atoms with Crippen molar-refractivity contribution >= 4 is 12.0 Å². The van der Waals surface area contributed by atoms with E-state index >= 15 is 0 Å². The molecule has 0 aromatic heterocycles. The Kier molecular flexibility index (Phi) is 8.80. The summed E-state index contributed by atoms with van der Waals surface area (Å²) < 4.78 is 37.8. The molecule has 2 aliphatic rings. The van der Waals surface area contributed by atoms with E-state index < -0.39 is 12.1 Å². The monoisotopic (exact) mass is 397 g/mol. The maximum atomic E-state index is 11.5. The van der Waals surface area contributed by atoms with Crippen LogP contribution in [-0.2, 0) is 9.53 Å². The first-order valence-electron chi connectivity index (χ1n) is 9.14. The first kappa shape index (κ1) is 23.5. The number of carboxylic acids is 1. The van der Waals surface area contributed by atoms with E-state index in [0.29, 0.717) is 6.54 Å². The second kappa shape index (κ2) is 10.1. The minimum atomic E-state index is -5.08. The zero-order valence-electron chi connectivity index (χ0n) is 16.1. The van der Waals surface area contributed by atoms with E-state index in [1.54, 1.807) is 19.0 Å². The van der Waals surface area contributed by atoms with Crippen LogP contribution in [0.25, 0.3) is 0 Å². The Morgan fingerprint density at radius 3 is 2.22 bits per heavy atom. The second-order valence-corrected chi connectivity index (χ2v) is 7.21. The summed E-state index contributed by atoms with van der Waals surface area (Å²) in [6.07, 6.45) is 1.09. The molecule has 1 spiro atoms. The lowest BCUT2D eigenvalue weighted by Crippen LogP contribution is -2.59. The van der Waals surface area contributed by atoms with Gasteiger partial charge in [0.2, 0.25) is 0 Å². The van der Waals surface area contributed by atoms with Crippen LogP contribution in [0.1, 0.15) is 39.0 Å². The predicted octanol–water partition coefficient (Wildman–Crippen LogP) is 2.31. The number of rotatable bonds is 5. The van der Waals surface area contributed by atoms with E-state index in [0.717, 1.165) is 32.4 Å². The molecule has 0 aromatic rings. The molecule has 2 amide bonds. The standard InChI is InChI=1S/C15H29N3O2.C2HF3O2/c1-4-5-8-18-9-6-15(7-10-18)11-13(20-15)12-16-14(19)17(2)3;3-2(4,5)1(6)7/h13H,4-12H2,1-3H3,(H,16,19);(H,6,7). The number of carboxylic acid groups (broad SMARTS) is 1. The van der Waals surface area contributed by atoms with Gasteiger partial charge >= 0.3 is 18.2 Å². The van der Waals surface area contributed by atoms with Crippen molar-refractivity contribution in [3.05, 3.63) is 0 Å². The Morgan fingerprint density at radius 2 is 1.81 bits per heavy atom. The van der Waals surface area contributed by atoms with Crippen LogP contribution in [0.2, 0.25) is 0 Å². The molecule has 2 N–H and O–H groups in total. The van der Waals surface area contributed by atoms with Crippen molar-refractivity contribution in [2.45, 2.75) is 56.9 Å². The van der Waals surface area contributed by atoms with Crippen LogP contribution in [-0.4, -0.2) is 85.1 Å². The molecule has 1 atom stereocenters. The number of unbranched alkanes of at least 4 members (excludes halogenated alkanes) is 1. The number of nitrogens with one attached hydrogen (secondary N) is 1. The van der Waals surface area contributed by atoms with E-state index in [1.807, 2.05) is 0 Å². The van der Waals surface area contributed by atoms with Crippen molar-refractivity contribution < 1.29 is 32.6 Å². The molecule has 158 valence electrons. The van der Waals surface area contributed by atoms with Gasteiger partial charge in [-0.25, -0.2) is 9.59 Å². The van der Waals surface area contributed by atoms with Crippen LogP contribution in [0, 0.1) is 0 Å². The Labute approximate surface area is 157 Å². The molecule has 2 heterocycles. The van der Waals surface area contributed by atoms with Gasteiger partial charge in [-0.05, 0) is 25.8 Å². The lowest BCUT2D eigenvalue weighted by atomic mass is 9.80. The van der Waals surface area contributed by atoms with E-state index in [-0.39, 0.29) is 17.7 Å². The lowest BCUT2D eigenvalue weighted by Gasteiger charge is -2.52. The molecular weight excluding hydrogens is 367 g/mol. The van der Waals surface area contributed by atoms with Crippen LogP contribution in [0.3, 0.4) is 0 Å². The molecule has 7 nitrogen and oxygen atoms in total. The second-order valence-electron chi connectivity index (χ2n) is 7.21. The van der Waals surface area contributed by atoms with Gasteiger partial charge in [-0.1, -0.05) is 13.3 Å². The number of carbonyl (C=O) groups excluding carboxylic acids is 1. The van der Waals surface area contributed by atoms with E-state index in [4.69, 9.17) is 14.6 Å². The first-order valence-corrected chi connectivity index (χ1v) is 9.14. The van der Waals surface area contributed by atoms with Crippen molar-refractivity contribution in [2.75, 3.05) is 40.3 Å². The molecule has 27 heavy (non-hydrogen) atoms. The number of likely N-dealkylation sites (tertiary alicyclic amines) is 1. The molecule has 0 saturated carbocycles. The van der Waals surface area contributed by atoms with Crippen molar-refractivity contribution in [1.82, 2.24) is 15.1 Å². The highest BCUT2D eigenvalue weighted by atomic mass is 19.4. The third-order valence-electron chi connectivity index (χ3n) is 4.74. The summed E-state index contributed by atoms with van der Waals surface area (Å²) in [7, 11) is 3.51. The largest absolute Gasteiger partial charge is 0.490 e. The van der Waals surface area contributed by atoms with Crippen molar-refractivity contribution in [2.24, 2.45) is 0 Å². The molecule has 0 aromatic carbocycles. The maximum Gasteiger partial charge on any atom is 0.490 e. The molecule has 2 fully saturated rings. The minimum absolute atomic E-state index is 0.0380. The fourth-order valence-corrected chi connectivity index (χ4v) is 3.12. The zero-order valence-corrected chi connectivity index (χ0v) is 16.1. The number of nitrogens with zero attached hydrogens (tertiary/aromatic N) is 2. The first-order chi connectivity index (χ1) is 12.5. The third-order valence-corrected chi connectivity index (χ3v) is 4.74. The quantitative estimate of drug-likeness (QED) is 0.744. The number of alkyl halides is 3. The fraction of sp³-hybridized carbons (Fsp3) is 0.882. The molecule has 2 aliphatic heterocycles. The average Bonchev–Trinajstić information content (AvgIpc) is 2.56. The summed E-state index contributed by atoms with van der Waals surface area (Å²) in [6, 6.07) is -0.0380. The lowest BCUT2D eigenvalue weighted by molar-refractivity contribution is -0.222. The van der Waals surface area contributed by atoms with Crippen LogP contribution < -0.4 is 5.32 Å². The third kappa shape index (κ3) is 7.92. The highest BCUT2D eigenvalue weighted by Gasteiger charge is 2.46. The van der Waals surface area contributed by atoms with Crippen LogP contribution in [0.5, 0.6) is 0 Å². The minimum Gasteiger partial charge on any atom is -0.475 e. The molecule has 2 rings (SSSR count). The smallest absolute Gasteiger partial charge is 0.475 e. The molecule has 0 bridgehead atoms. The topological polar surface area (TPSA) is 82.1 Å². The molecular formula is C17H30F3N3O4. The fourth-order valence-electron chi connectivity index (χ4n) is 3.12. The van der Waals surface area contributed by atoms with Crippen molar-refractivity contribution in [1.29, 1.82) is 0 Å². The molecule has 0 radical (unpaired) electrons. The number of hydrogen-bond donors (Lipinski definition) is 2. The van der Waals surface area contributed by atoms with Crippen LogP contribution in [0.4, 0.5) is 18.0 Å². The van der Waals surface area contributed by atoms with Gasteiger partial charge in [-0.15, -0.1) is 0 Å². The Morgan fingerprint density at radius 1 is 1.30 bits per heavy atom. The molecule has 2 saturated heterocycles. The van der Waals surface area contributed by atoms with Crippen molar-refractivity contribution in [3.63, 3.8) is 0 Å². The van der Waals surface area contributed by atoms with E-state index in [2.05, 4.69) is 17.1 Å². The summed E-state index contributed by atoms with van der Waals surface area (Å²) in [6.45, 7) is 6.44. The number of ether oxygens (including phenoxy) is 1. The Balaban J connectivity index is 0.000000445. The molecule has 10 heteroatoms. The van der Waals surface area contributed by atoms with E-state index in [9.17, 15) is 18.0 Å². The summed E-state index contributed by atoms with van der Waals surface area (Å²) in [5.74, 6) is -2.76. The summed E-state index contributed by atoms with van der Waals surface area (Å²) >= 11 is 0. The van der Waals surface area contributed by atoms with Gasteiger partial charge in [0.05, 0.1) is 11.7 Å². The zero-order chi connectivity index (χ0) is 20.7. The Bertz CT molecular complexity index is 484. The number of amides is 2. The number of aliphatic carboxylic acids is 1.